The molecule has 1 atom stereocenters. The molecule has 2 heterocycles. The Labute approximate surface area is 112 Å². The first-order valence-corrected chi connectivity index (χ1v) is 7.40. The Morgan fingerprint density at radius 1 is 1.11 bits per heavy atom. The van der Waals surface area contributed by atoms with Crippen LogP contribution in [0.15, 0.2) is 0 Å². The van der Waals surface area contributed by atoms with Crippen molar-refractivity contribution in [1.82, 2.24) is 14.7 Å². The first kappa shape index (κ1) is 14.3. The molecular weight excluding hydrogens is 226 g/mol. The Morgan fingerprint density at radius 3 is 2.44 bits per heavy atom. The van der Waals surface area contributed by atoms with Crippen molar-refractivity contribution in [3.8, 4) is 0 Å². The van der Waals surface area contributed by atoms with Crippen molar-refractivity contribution >= 4 is 0 Å². The molecule has 4 heteroatoms. The van der Waals surface area contributed by atoms with E-state index >= 15 is 0 Å². The summed E-state index contributed by atoms with van der Waals surface area (Å²) >= 11 is 0. The number of ether oxygens (including phenoxy) is 1. The average molecular weight is 255 g/mol. The van der Waals surface area contributed by atoms with Crippen LogP contribution in [-0.2, 0) is 4.74 Å². The summed E-state index contributed by atoms with van der Waals surface area (Å²) in [7, 11) is 4.07. The maximum Gasteiger partial charge on any atom is 0.0630 e. The second-order valence-electron chi connectivity index (χ2n) is 5.77. The number of hydrogen-bond donors (Lipinski definition) is 0. The summed E-state index contributed by atoms with van der Waals surface area (Å²) in [5.41, 5.74) is 0. The van der Waals surface area contributed by atoms with Crippen molar-refractivity contribution in [3.63, 3.8) is 0 Å². The van der Waals surface area contributed by atoms with Crippen LogP contribution >= 0.6 is 0 Å². The number of piperazine rings is 1. The van der Waals surface area contributed by atoms with Gasteiger partial charge in [-0.3, -0.25) is 4.90 Å². The first-order chi connectivity index (χ1) is 8.74. The molecule has 2 saturated heterocycles. The molecule has 0 aromatic heterocycles. The number of likely N-dealkylation sites (N-methyl/N-ethyl adjacent to an activating group) is 1. The number of methoxy groups -OCH3 is 1. The molecule has 0 radical (unpaired) electrons. The third-order valence-corrected chi connectivity index (χ3v) is 4.58. The molecule has 0 amide bonds. The van der Waals surface area contributed by atoms with Gasteiger partial charge < -0.3 is 14.5 Å². The lowest BCUT2D eigenvalue weighted by Crippen LogP contribution is -2.59. The van der Waals surface area contributed by atoms with Crippen LogP contribution in [0.3, 0.4) is 0 Å². The molecule has 0 aromatic rings. The van der Waals surface area contributed by atoms with Gasteiger partial charge >= 0.3 is 0 Å². The molecule has 0 unspecified atom stereocenters. The number of nitrogens with zero attached hydrogens (tertiary/aromatic N) is 3. The highest BCUT2D eigenvalue weighted by Crippen LogP contribution is 2.21. The van der Waals surface area contributed by atoms with Crippen molar-refractivity contribution in [1.29, 1.82) is 0 Å². The van der Waals surface area contributed by atoms with Crippen LogP contribution in [0, 0.1) is 0 Å². The lowest BCUT2D eigenvalue weighted by atomic mass is 10.00. The van der Waals surface area contributed by atoms with Crippen molar-refractivity contribution in [3.05, 3.63) is 0 Å². The molecule has 2 aliphatic heterocycles. The van der Waals surface area contributed by atoms with Gasteiger partial charge in [-0.2, -0.15) is 0 Å². The molecule has 2 aliphatic rings. The molecule has 18 heavy (non-hydrogen) atoms. The van der Waals surface area contributed by atoms with Crippen molar-refractivity contribution in [2.24, 2.45) is 0 Å². The van der Waals surface area contributed by atoms with Crippen LogP contribution in [0.1, 0.15) is 19.8 Å². The molecule has 0 bridgehead atoms. The average Bonchev–Trinajstić information content (AvgIpc) is 2.40. The fourth-order valence-corrected chi connectivity index (χ4v) is 3.37. The Morgan fingerprint density at radius 2 is 1.83 bits per heavy atom. The van der Waals surface area contributed by atoms with Crippen LogP contribution in [0.4, 0.5) is 0 Å². The minimum absolute atomic E-state index is 0.595. The van der Waals surface area contributed by atoms with E-state index in [2.05, 4.69) is 28.7 Å². The predicted molar refractivity (Wildman–Crippen MR) is 75.0 cm³/mol. The highest BCUT2D eigenvalue weighted by Gasteiger charge is 2.32. The second-order valence-corrected chi connectivity index (χ2v) is 5.77. The van der Waals surface area contributed by atoms with E-state index in [1.54, 1.807) is 0 Å². The zero-order chi connectivity index (χ0) is 13.0. The predicted octanol–water partition coefficient (Wildman–Crippen LogP) is 0.733. The summed E-state index contributed by atoms with van der Waals surface area (Å²) < 4.78 is 5.44. The Hall–Kier alpha value is -0.160. The number of rotatable bonds is 4. The van der Waals surface area contributed by atoms with Gasteiger partial charge in [-0.05, 0) is 39.5 Å². The van der Waals surface area contributed by atoms with Gasteiger partial charge in [0.15, 0.2) is 0 Å². The second kappa shape index (κ2) is 6.85. The summed E-state index contributed by atoms with van der Waals surface area (Å²) in [4.78, 5) is 7.72. The van der Waals surface area contributed by atoms with Crippen LogP contribution in [0.2, 0.25) is 0 Å². The third-order valence-electron chi connectivity index (χ3n) is 4.58. The molecular formula is C14H29N3O. The molecule has 0 aliphatic carbocycles. The summed E-state index contributed by atoms with van der Waals surface area (Å²) in [5.74, 6) is 0. The van der Waals surface area contributed by atoms with Gasteiger partial charge in [0.05, 0.1) is 6.61 Å². The van der Waals surface area contributed by atoms with Crippen molar-refractivity contribution in [2.45, 2.75) is 31.8 Å². The van der Waals surface area contributed by atoms with Gasteiger partial charge in [-0.1, -0.05) is 6.92 Å². The zero-order valence-electron chi connectivity index (χ0n) is 12.3. The largest absolute Gasteiger partial charge is 0.383 e. The summed E-state index contributed by atoms with van der Waals surface area (Å²) in [5, 5.41) is 0. The highest BCUT2D eigenvalue weighted by atomic mass is 16.5. The quantitative estimate of drug-likeness (QED) is 0.737. The third kappa shape index (κ3) is 3.44. The zero-order valence-corrected chi connectivity index (χ0v) is 12.3. The van der Waals surface area contributed by atoms with Crippen molar-refractivity contribution < 1.29 is 4.74 Å². The fourth-order valence-electron chi connectivity index (χ4n) is 3.37. The van der Waals surface area contributed by atoms with E-state index < -0.39 is 0 Å². The minimum Gasteiger partial charge on any atom is -0.383 e. The van der Waals surface area contributed by atoms with Gasteiger partial charge in [-0.15, -0.1) is 0 Å². The Balaban J connectivity index is 1.92. The topological polar surface area (TPSA) is 19.0 Å². The van der Waals surface area contributed by atoms with Gasteiger partial charge in [-0.25, -0.2) is 0 Å². The summed E-state index contributed by atoms with van der Waals surface area (Å²) in [6.07, 6.45) is 2.64. The van der Waals surface area contributed by atoms with E-state index in [-0.39, 0.29) is 0 Å². The van der Waals surface area contributed by atoms with Gasteiger partial charge in [0.2, 0.25) is 0 Å². The van der Waals surface area contributed by atoms with Crippen LogP contribution in [-0.4, -0.2) is 86.8 Å². The maximum atomic E-state index is 5.44. The highest BCUT2D eigenvalue weighted by molar-refractivity contribution is 4.88. The molecule has 2 rings (SSSR count). The van der Waals surface area contributed by atoms with Gasteiger partial charge in [0, 0.05) is 38.8 Å². The lowest BCUT2D eigenvalue weighted by molar-refractivity contribution is -0.0129. The van der Waals surface area contributed by atoms with E-state index in [9.17, 15) is 0 Å². The standard InChI is InChI=1S/C14H29N3O/c1-4-16-9-10-17(14(11-16)12-18-3)13-5-7-15(2)8-6-13/h13-14H,4-12H2,1-3H3/t14-/m1/s1. The SMILES string of the molecule is CCN1CCN(C2CCN(C)CC2)[C@@H](COC)C1. The molecule has 0 saturated carbocycles. The molecule has 4 nitrogen and oxygen atoms in total. The monoisotopic (exact) mass is 255 g/mol. The van der Waals surface area contributed by atoms with E-state index in [4.69, 9.17) is 4.74 Å². The molecule has 106 valence electrons. The van der Waals surface area contributed by atoms with Gasteiger partial charge in [0.25, 0.3) is 0 Å². The summed E-state index contributed by atoms with van der Waals surface area (Å²) in [6, 6.07) is 1.37. The normalized spacial score (nSPS) is 29.8. The number of piperidine rings is 1. The Bertz CT molecular complexity index is 241. The lowest BCUT2D eigenvalue weighted by Gasteiger charge is -2.46. The summed E-state index contributed by atoms with van der Waals surface area (Å²) in [6.45, 7) is 10.4. The Kier molecular flexibility index (Phi) is 5.42. The van der Waals surface area contributed by atoms with E-state index in [1.165, 1.54) is 52.1 Å². The van der Waals surface area contributed by atoms with E-state index in [1.807, 2.05) is 7.11 Å². The number of likely N-dealkylation sites (tertiary alicyclic amines) is 1. The molecule has 0 spiro atoms. The molecule has 0 aromatic carbocycles. The molecule has 0 N–H and O–H groups in total. The first-order valence-electron chi connectivity index (χ1n) is 7.40. The minimum atomic E-state index is 0.595. The van der Waals surface area contributed by atoms with E-state index in [0.29, 0.717) is 6.04 Å². The molecule has 2 fully saturated rings. The van der Waals surface area contributed by atoms with Gasteiger partial charge in [0.1, 0.15) is 0 Å². The van der Waals surface area contributed by atoms with Crippen LogP contribution in [0.5, 0.6) is 0 Å². The van der Waals surface area contributed by atoms with Crippen LogP contribution in [0.25, 0.3) is 0 Å². The smallest absolute Gasteiger partial charge is 0.0630 e. The maximum absolute atomic E-state index is 5.44. The fraction of sp³-hybridized carbons (Fsp3) is 1.00. The van der Waals surface area contributed by atoms with Crippen molar-refractivity contribution in [2.75, 3.05) is 60.0 Å². The van der Waals surface area contributed by atoms with E-state index in [0.717, 1.165) is 12.6 Å². The number of hydrogen-bond acceptors (Lipinski definition) is 4. The van der Waals surface area contributed by atoms with Crippen LogP contribution < -0.4 is 0 Å².